The van der Waals surface area contributed by atoms with E-state index in [2.05, 4.69) is 21.2 Å². The van der Waals surface area contributed by atoms with Crippen LogP contribution in [0.5, 0.6) is 0 Å². The second-order valence-corrected chi connectivity index (χ2v) is 6.11. The lowest BCUT2D eigenvalue weighted by Crippen LogP contribution is -2.31. The van der Waals surface area contributed by atoms with Crippen molar-refractivity contribution in [3.63, 3.8) is 0 Å². The summed E-state index contributed by atoms with van der Waals surface area (Å²) in [6.07, 6.45) is 0.428. The molecule has 6 heteroatoms. The molecule has 1 aliphatic rings. The highest BCUT2D eigenvalue weighted by Crippen LogP contribution is 2.19. The van der Waals surface area contributed by atoms with Crippen molar-refractivity contribution in [1.29, 1.82) is 0 Å². The third-order valence-corrected chi connectivity index (χ3v) is 4.09. The molecular weight excluding hydrogens is 316 g/mol. The summed E-state index contributed by atoms with van der Waals surface area (Å²) in [6.45, 7) is 3.91. The Labute approximate surface area is 146 Å². The molecule has 0 saturated heterocycles. The lowest BCUT2D eigenvalue weighted by molar-refractivity contribution is -0.121. The van der Waals surface area contributed by atoms with Crippen molar-refractivity contribution in [3.8, 4) is 0 Å². The van der Waals surface area contributed by atoms with Crippen molar-refractivity contribution in [3.05, 3.63) is 59.7 Å². The Balaban J connectivity index is 1.66. The quantitative estimate of drug-likeness (QED) is 0.801. The number of urea groups is 1. The van der Waals surface area contributed by atoms with Crippen molar-refractivity contribution in [2.24, 2.45) is 11.0 Å². The number of hydrogen-bond donors (Lipinski definition) is 3. The van der Waals surface area contributed by atoms with Crippen LogP contribution in [0.4, 0.5) is 16.2 Å². The first-order valence-electron chi connectivity index (χ1n) is 8.13. The van der Waals surface area contributed by atoms with Gasteiger partial charge in [-0.1, -0.05) is 37.3 Å². The van der Waals surface area contributed by atoms with Gasteiger partial charge in [0, 0.05) is 23.7 Å². The summed E-state index contributed by atoms with van der Waals surface area (Å²) in [5.74, 6) is -0.000623. The van der Waals surface area contributed by atoms with Crippen LogP contribution >= 0.6 is 0 Å². The molecule has 3 amide bonds. The van der Waals surface area contributed by atoms with Gasteiger partial charge in [0.25, 0.3) is 0 Å². The Hall–Kier alpha value is -3.15. The maximum atomic E-state index is 12.1. The maximum Gasteiger partial charge on any atom is 0.323 e. The molecular formula is C19H20N4O2. The van der Waals surface area contributed by atoms with Crippen molar-refractivity contribution < 1.29 is 9.59 Å². The van der Waals surface area contributed by atoms with Gasteiger partial charge in [-0.25, -0.2) is 10.2 Å². The van der Waals surface area contributed by atoms with E-state index in [0.29, 0.717) is 12.1 Å². The van der Waals surface area contributed by atoms with Crippen molar-refractivity contribution in [2.75, 3.05) is 10.6 Å². The summed E-state index contributed by atoms with van der Waals surface area (Å²) in [7, 11) is 0. The second kappa shape index (κ2) is 7.17. The summed E-state index contributed by atoms with van der Waals surface area (Å²) in [4.78, 5) is 23.4. The number of hydrogen-bond acceptors (Lipinski definition) is 3. The second-order valence-electron chi connectivity index (χ2n) is 6.11. The van der Waals surface area contributed by atoms with Gasteiger partial charge in [0.1, 0.15) is 0 Å². The number of benzene rings is 2. The standard InChI is InChI=1S/C19H20N4O2/c1-12-5-3-4-6-16(12)21-19(25)20-15-9-7-14(8-10-15)18-13(2)11-17(24)22-23-18/h3-10,13H,11H2,1-2H3,(H,22,24)(H2,20,21,25). The molecule has 1 aliphatic heterocycles. The summed E-state index contributed by atoms with van der Waals surface area (Å²) < 4.78 is 0. The molecule has 2 aromatic carbocycles. The number of amides is 3. The number of nitrogens with zero attached hydrogens (tertiary/aromatic N) is 1. The molecule has 0 fully saturated rings. The van der Waals surface area contributed by atoms with E-state index in [-0.39, 0.29) is 17.9 Å². The minimum absolute atomic E-state index is 0.0666. The van der Waals surface area contributed by atoms with E-state index in [1.165, 1.54) is 0 Å². The molecule has 0 aliphatic carbocycles. The average Bonchev–Trinajstić information content (AvgIpc) is 2.58. The summed E-state index contributed by atoms with van der Waals surface area (Å²) in [5.41, 5.74) is 6.74. The zero-order chi connectivity index (χ0) is 17.8. The number of para-hydroxylation sites is 1. The maximum absolute atomic E-state index is 12.1. The molecule has 128 valence electrons. The molecule has 1 unspecified atom stereocenters. The fourth-order valence-corrected chi connectivity index (χ4v) is 2.72. The number of carbonyl (C=O) groups excluding carboxylic acids is 2. The molecule has 1 atom stereocenters. The summed E-state index contributed by atoms with van der Waals surface area (Å²) in [6, 6.07) is 14.7. The monoisotopic (exact) mass is 336 g/mol. The van der Waals surface area contributed by atoms with Crippen LogP contribution in [-0.2, 0) is 4.79 Å². The van der Waals surface area contributed by atoms with Gasteiger partial charge >= 0.3 is 6.03 Å². The van der Waals surface area contributed by atoms with Gasteiger partial charge in [-0.15, -0.1) is 0 Å². The van der Waals surface area contributed by atoms with E-state index in [1.807, 2.05) is 62.4 Å². The van der Waals surface area contributed by atoms with Crippen LogP contribution in [-0.4, -0.2) is 17.6 Å². The minimum atomic E-state index is -0.294. The number of anilines is 2. The number of rotatable bonds is 3. The molecule has 0 aromatic heterocycles. The van der Waals surface area contributed by atoms with E-state index >= 15 is 0 Å². The highest BCUT2D eigenvalue weighted by Gasteiger charge is 2.21. The predicted octanol–water partition coefficient (Wildman–Crippen LogP) is 3.50. The van der Waals surface area contributed by atoms with Crippen LogP contribution in [0.3, 0.4) is 0 Å². The lowest BCUT2D eigenvalue weighted by Gasteiger charge is -2.19. The molecule has 0 radical (unpaired) electrons. The fraction of sp³-hybridized carbons (Fsp3) is 0.211. The van der Waals surface area contributed by atoms with Gasteiger partial charge in [-0.3, -0.25) is 4.79 Å². The fourth-order valence-electron chi connectivity index (χ4n) is 2.72. The first-order valence-corrected chi connectivity index (χ1v) is 8.13. The molecule has 1 heterocycles. The van der Waals surface area contributed by atoms with Crippen LogP contribution in [0.25, 0.3) is 0 Å². The third-order valence-electron chi connectivity index (χ3n) is 4.09. The molecule has 0 bridgehead atoms. The van der Waals surface area contributed by atoms with E-state index in [4.69, 9.17) is 0 Å². The number of nitrogens with one attached hydrogen (secondary N) is 3. The number of aryl methyl sites for hydroxylation is 1. The predicted molar refractivity (Wildman–Crippen MR) is 98.7 cm³/mol. The lowest BCUT2D eigenvalue weighted by atomic mass is 9.94. The SMILES string of the molecule is Cc1ccccc1NC(=O)Nc1ccc(C2=NNC(=O)CC2C)cc1. The van der Waals surface area contributed by atoms with Crippen LogP contribution in [0.1, 0.15) is 24.5 Å². The van der Waals surface area contributed by atoms with Gasteiger partial charge in [0.2, 0.25) is 5.91 Å². The Morgan fingerprint density at radius 3 is 2.52 bits per heavy atom. The number of carbonyl (C=O) groups is 2. The first-order chi connectivity index (χ1) is 12.0. The molecule has 3 N–H and O–H groups in total. The van der Waals surface area contributed by atoms with Crippen LogP contribution in [0, 0.1) is 12.8 Å². The van der Waals surface area contributed by atoms with Crippen molar-refractivity contribution in [1.82, 2.24) is 5.43 Å². The highest BCUT2D eigenvalue weighted by molar-refractivity contribution is 6.06. The minimum Gasteiger partial charge on any atom is -0.308 e. The van der Waals surface area contributed by atoms with Gasteiger partial charge in [-0.05, 0) is 36.2 Å². The Kier molecular flexibility index (Phi) is 4.79. The van der Waals surface area contributed by atoms with E-state index in [1.54, 1.807) is 0 Å². The molecule has 25 heavy (non-hydrogen) atoms. The topological polar surface area (TPSA) is 82.6 Å². The Bertz CT molecular complexity index is 828. The van der Waals surface area contributed by atoms with E-state index in [9.17, 15) is 9.59 Å². The van der Waals surface area contributed by atoms with Crippen molar-refractivity contribution >= 4 is 29.0 Å². The van der Waals surface area contributed by atoms with E-state index in [0.717, 1.165) is 22.5 Å². The molecule has 2 aromatic rings. The molecule has 6 nitrogen and oxygen atoms in total. The van der Waals surface area contributed by atoms with Crippen LogP contribution < -0.4 is 16.1 Å². The summed E-state index contributed by atoms with van der Waals surface area (Å²) >= 11 is 0. The van der Waals surface area contributed by atoms with Gasteiger partial charge in [0.15, 0.2) is 0 Å². The zero-order valence-electron chi connectivity index (χ0n) is 14.2. The van der Waals surface area contributed by atoms with E-state index < -0.39 is 0 Å². The van der Waals surface area contributed by atoms with Gasteiger partial charge < -0.3 is 10.6 Å². The smallest absolute Gasteiger partial charge is 0.308 e. The van der Waals surface area contributed by atoms with Crippen LogP contribution in [0.2, 0.25) is 0 Å². The summed E-state index contributed by atoms with van der Waals surface area (Å²) in [5, 5.41) is 9.77. The third kappa shape index (κ3) is 4.03. The highest BCUT2D eigenvalue weighted by atomic mass is 16.2. The Morgan fingerprint density at radius 2 is 1.84 bits per heavy atom. The normalized spacial score (nSPS) is 16.6. The van der Waals surface area contributed by atoms with Crippen LogP contribution in [0.15, 0.2) is 53.6 Å². The molecule has 0 spiro atoms. The van der Waals surface area contributed by atoms with Gasteiger partial charge in [-0.2, -0.15) is 5.10 Å². The average molecular weight is 336 g/mol. The van der Waals surface area contributed by atoms with Crippen molar-refractivity contribution in [2.45, 2.75) is 20.3 Å². The van der Waals surface area contributed by atoms with Gasteiger partial charge in [0.05, 0.1) is 5.71 Å². The molecule has 0 saturated carbocycles. The Morgan fingerprint density at radius 1 is 1.12 bits per heavy atom. The molecule has 3 rings (SSSR count). The largest absolute Gasteiger partial charge is 0.323 e. The first kappa shape index (κ1) is 16.7. The zero-order valence-corrected chi connectivity index (χ0v) is 14.2. The number of hydrazone groups is 1.